The first kappa shape index (κ1) is 27.7. The van der Waals surface area contributed by atoms with Crippen LogP contribution in [0.1, 0.15) is 26.3 Å². The van der Waals surface area contributed by atoms with Crippen LogP contribution in [0, 0.1) is 6.92 Å². The minimum Gasteiger partial charge on any atom is -0.369 e. The predicted molar refractivity (Wildman–Crippen MR) is 149 cm³/mol. The SMILES string of the molecule is Cc1cnc(Nc2ccc(N3CCNCC3)cc2)nc1Nc1cccc(S(=O)(=O)NC(C)(C)C)c1.Cl. The number of aryl methyl sites for hydroxylation is 1. The Balaban J connectivity index is 0.00000361. The Morgan fingerprint density at radius 2 is 1.67 bits per heavy atom. The highest BCUT2D eigenvalue weighted by molar-refractivity contribution is 7.89. The molecule has 0 aliphatic carbocycles. The van der Waals surface area contributed by atoms with E-state index in [9.17, 15) is 8.42 Å². The third-order valence-electron chi connectivity index (χ3n) is 5.42. The summed E-state index contributed by atoms with van der Waals surface area (Å²) < 4.78 is 28.1. The van der Waals surface area contributed by atoms with E-state index in [-0.39, 0.29) is 17.3 Å². The van der Waals surface area contributed by atoms with Gasteiger partial charge in [-0.3, -0.25) is 0 Å². The summed E-state index contributed by atoms with van der Waals surface area (Å²) in [5, 5.41) is 9.85. The maximum absolute atomic E-state index is 12.7. The molecule has 0 unspecified atom stereocenters. The summed E-state index contributed by atoms with van der Waals surface area (Å²) >= 11 is 0. The molecule has 1 saturated heterocycles. The summed E-state index contributed by atoms with van der Waals surface area (Å²) in [6.07, 6.45) is 1.73. The van der Waals surface area contributed by atoms with Crippen LogP contribution in [-0.2, 0) is 10.0 Å². The van der Waals surface area contributed by atoms with Crippen LogP contribution in [0.25, 0.3) is 0 Å². The van der Waals surface area contributed by atoms with Crippen molar-refractivity contribution in [2.75, 3.05) is 41.7 Å². The molecule has 4 rings (SSSR count). The third kappa shape index (κ3) is 7.30. The lowest BCUT2D eigenvalue weighted by Crippen LogP contribution is -2.43. The van der Waals surface area contributed by atoms with Gasteiger partial charge in [0, 0.05) is 60.5 Å². The van der Waals surface area contributed by atoms with Gasteiger partial charge in [-0.2, -0.15) is 4.98 Å². The van der Waals surface area contributed by atoms with Gasteiger partial charge in [0.25, 0.3) is 0 Å². The fraction of sp³-hybridized carbons (Fsp3) is 0.360. The minimum absolute atomic E-state index is 0. The zero-order chi connectivity index (χ0) is 25.1. The first-order chi connectivity index (χ1) is 16.6. The first-order valence-corrected chi connectivity index (χ1v) is 13.1. The lowest BCUT2D eigenvalue weighted by atomic mass is 10.1. The molecule has 9 nitrogen and oxygen atoms in total. The van der Waals surface area contributed by atoms with Gasteiger partial charge in [-0.05, 0) is 70.2 Å². The number of rotatable bonds is 7. The van der Waals surface area contributed by atoms with E-state index in [1.165, 1.54) is 5.69 Å². The molecule has 0 radical (unpaired) electrons. The van der Waals surface area contributed by atoms with Gasteiger partial charge in [0.15, 0.2) is 0 Å². The molecular formula is C25H34ClN7O2S. The van der Waals surface area contributed by atoms with Gasteiger partial charge < -0.3 is 20.9 Å². The Bertz CT molecular complexity index is 1270. The van der Waals surface area contributed by atoms with E-state index >= 15 is 0 Å². The quantitative estimate of drug-likeness (QED) is 0.359. The Morgan fingerprint density at radius 3 is 2.33 bits per heavy atom. The van der Waals surface area contributed by atoms with Crippen LogP contribution in [0.4, 0.5) is 28.8 Å². The molecule has 194 valence electrons. The van der Waals surface area contributed by atoms with E-state index in [4.69, 9.17) is 0 Å². The average molecular weight is 532 g/mol. The molecule has 1 aliphatic rings. The van der Waals surface area contributed by atoms with Crippen molar-refractivity contribution in [1.29, 1.82) is 0 Å². The molecule has 1 fully saturated rings. The highest BCUT2D eigenvalue weighted by atomic mass is 35.5. The van der Waals surface area contributed by atoms with Crippen molar-refractivity contribution < 1.29 is 8.42 Å². The number of halogens is 1. The molecule has 2 aromatic carbocycles. The number of aromatic nitrogens is 2. The van der Waals surface area contributed by atoms with Gasteiger partial charge in [-0.25, -0.2) is 18.1 Å². The Morgan fingerprint density at radius 1 is 0.972 bits per heavy atom. The van der Waals surface area contributed by atoms with Crippen molar-refractivity contribution in [2.24, 2.45) is 0 Å². The number of sulfonamides is 1. The largest absolute Gasteiger partial charge is 0.369 e. The summed E-state index contributed by atoms with van der Waals surface area (Å²) in [5.41, 5.74) is 2.97. The van der Waals surface area contributed by atoms with Crippen LogP contribution in [0.5, 0.6) is 0 Å². The van der Waals surface area contributed by atoms with Crippen molar-refractivity contribution in [2.45, 2.75) is 38.1 Å². The standard InChI is InChI=1S/C25H33N7O2S.ClH/c1-18-17-27-24(29-19-8-10-21(11-9-19)32-14-12-26-13-15-32)30-23(18)28-20-6-5-7-22(16-20)35(33,34)31-25(2,3)4;/h5-11,16-17,26,31H,12-15H2,1-4H3,(H2,27,28,29,30);1H. The van der Waals surface area contributed by atoms with E-state index in [0.29, 0.717) is 17.5 Å². The van der Waals surface area contributed by atoms with Crippen LogP contribution < -0.4 is 25.6 Å². The number of piperazine rings is 1. The molecule has 1 aromatic heterocycles. The summed E-state index contributed by atoms with van der Waals surface area (Å²) in [4.78, 5) is 11.6. The molecule has 0 amide bonds. The second-order valence-electron chi connectivity index (χ2n) is 9.64. The molecular weight excluding hydrogens is 498 g/mol. The normalized spacial score (nSPS) is 14.2. The van der Waals surface area contributed by atoms with Gasteiger partial charge in [0.1, 0.15) is 5.82 Å². The van der Waals surface area contributed by atoms with Crippen molar-refractivity contribution >= 4 is 51.3 Å². The van der Waals surface area contributed by atoms with Crippen molar-refractivity contribution in [3.05, 3.63) is 60.3 Å². The van der Waals surface area contributed by atoms with Crippen molar-refractivity contribution in [3.8, 4) is 0 Å². The number of anilines is 5. The smallest absolute Gasteiger partial charge is 0.241 e. The Kier molecular flexibility index (Phi) is 8.78. The average Bonchev–Trinajstić information content (AvgIpc) is 2.81. The van der Waals surface area contributed by atoms with E-state index < -0.39 is 15.6 Å². The molecule has 0 bridgehead atoms. The van der Waals surface area contributed by atoms with Crippen LogP contribution >= 0.6 is 12.4 Å². The molecule has 36 heavy (non-hydrogen) atoms. The van der Waals surface area contributed by atoms with Crippen LogP contribution in [0.2, 0.25) is 0 Å². The highest BCUT2D eigenvalue weighted by Gasteiger charge is 2.22. The summed E-state index contributed by atoms with van der Waals surface area (Å²) in [6, 6.07) is 14.9. The number of benzene rings is 2. The Labute approximate surface area is 219 Å². The Hall–Kier alpha value is -2.92. The first-order valence-electron chi connectivity index (χ1n) is 11.7. The summed E-state index contributed by atoms with van der Waals surface area (Å²) in [5.74, 6) is 1.05. The van der Waals surface area contributed by atoms with E-state index in [1.54, 1.807) is 30.5 Å². The zero-order valence-electron chi connectivity index (χ0n) is 21.0. The van der Waals surface area contributed by atoms with Gasteiger partial charge in [0.2, 0.25) is 16.0 Å². The van der Waals surface area contributed by atoms with Gasteiger partial charge in [-0.15, -0.1) is 12.4 Å². The molecule has 3 aromatic rings. The minimum atomic E-state index is -3.65. The molecule has 0 saturated carbocycles. The topological polar surface area (TPSA) is 111 Å². The van der Waals surface area contributed by atoms with E-state index in [2.05, 4.69) is 47.7 Å². The van der Waals surface area contributed by atoms with Crippen LogP contribution in [-0.4, -0.2) is 50.1 Å². The van der Waals surface area contributed by atoms with E-state index in [0.717, 1.165) is 37.4 Å². The van der Waals surface area contributed by atoms with Gasteiger partial charge >= 0.3 is 0 Å². The fourth-order valence-corrected chi connectivity index (χ4v) is 5.24. The fourth-order valence-electron chi connectivity index (χ4n) is 3.78. The maximum Gasteiger partial charge on any atom is 0.241 e. The molecule has 0 spiro atoms. The van der Waals surface area contributed by atoms with E-state index in [1.807, 2.05) is 39.8 Å². The maximum atomic E-state index is 12.7. The second kappa shape index (κ2) is 11.4. The highest BCUT2D eigenvalue weighted by Crippen LogP contribution is 2.24. The summed E-state index contributed by atoms with van der Waals surface area (Å²) in [6.45, 7) is 11.3. The molecule has 0 atom stereocenters. The van der Waals surface area contributed by atoms with Crippen LogP contribution in [0.3, 0.4) is 0 Å². The van der Waals surface area contributed by atoms with Crippen molar-refractivity contribution in [1.82, 2.24) is 20.0 Å². The molecule has 2 heterocycles. The molecule has 4 N–H and O–H groups in total. The predicted octanol–water partition coefficient (Wildman–Crippen LogP) is 4.18. The van der Waals surface area contributed by atoms with Gasteiger partial charge in [0.05, 0.1) is 4.90 Å². The molecule has 11 heteroatoms. The zero-order valence-corrected chi connectivity index (χ0v) is 22.6. The number of nitrogens with zero attached hydrogens (tertiary/aromatic N) is 3. The van der Waals surface area contributed by atoms with Gasteiger partial charge in [-0.1, -0.05) is 6.07 Å². The third-order valence-corrected chi connectivity index (χ3v) is 7.18. The number of hydrogen-bond donors (Lipinski definition) is 4. The summed E-state index contributed by atoms with van der Waals surface area (Å²) in [7, 11) is -3.65. The van der Waals surface area contributed by atoms with Crippen molar-refractivity contribution in [3.63, 3.8) is 0 Å². The van der Waals surface area contributed by atoms with Crippen LogP contribution in [0.15, 0.2) is 59.6 Å². The number of hydrogen-bond acceptors (Lipinski definition) is 8. The number of nitrogens with one attached hydrogen (secondary N) is 4. The second-order valence-corrected chi connectivity index (χ2v) is 11.3. The lowest BCUT2D eigenvalue weighted by Gasteiger charge is -2.29. The lowest BCUT2D eigenvalue weighted by molar-refractivity contribution is 0.491. The molecule has 1 aliphatic heterocycles. The monoisotopic (exact) mass is 531 g/mol.